The number of aldehydes is 1. The summed E-state index contributed by atoms with van der Waals surface area (Å²) in [5.41, 5.74) is 0.902. The van der Waals surface area contributed by atoms with Crippen LogP contribution in [0.2, 0.25) is 5.02 Å². The molecule has 0 bridgehead atoms. The molecule has 1 rings (SSSR count). The zero-order valence-electron chi connectivity index (χ0n) is 6.40. The number of carbonyl (C=O) groups is 1. The van der Waals surface area contributed by atoms with E-state index in [1.807, 2.05) is 0 Å². The van der Waals surface area contributed by atoms with Gasteiger partial charge in [0.2, 0.25) is 0 Å². The maximum Gasteiger partial charge on any atom is 0.148 e. The number of halogens is 1. The van der Waals surface area contributed by atoms with E-state index in [1.165, 1.54) is 0 Å². The van der Waals surface area contributed by atoms with Gasteiger partial charge in [-0.3, -0.25) is 0 Å². The topological polar surface area (TPSA) is 37.3 Å². The summed E-state index contributed by atoms with van der Waals surface area (Å²) in [6.07, 6.45) is -0.0406. The van der Waals surface area contributed by atoms with E-state index in [9.17, 15) is 4.79 Å². The van der Waals surface area contributed by atoms with Crippen LogP contribution < -0.4 is 0 Å². The Hall–Kier alpha value is -0.860. The van der Waals surface area contributed by atoms with E-state index in [4.69, 9.17) is 16.7 Å². The molecule has 0 aliphatic rings. The normalized spacial score (nSPS) is 12.5. The lowest BCUT2D eigenvalue weighted by Crippen LogP contribution is -2.11. The molecule has 2 nitrogen and oxygen atoms in total. The number of hydrogen-bond donors (Lipinski definition) is 1. The highest BCUT2D eigenvalue weighted by Gasteiger charge is 2.02. The molecule has 0 saturated carbocycles. The van der Waals surface area contributed by atoms with Crippen molar-refractivity contribution < 1.29 is 9.90 Å². The first-order chi connectivity index (χ1) is 5.72. The summed E-state index contributed by atoms with van der Waals surface area (Å²) in [4.78, 5) is 10.1. The summed E-state index contributed by atoms with van der Waals surface area (Å²) in [5, 5.41) is 9.63. The smallest absolute Gasteiger partial charge is 0.148 e. The molecular weight excluding hydrogens is 176 g/mol. The van der Waals surface area contributed by atoms with Gasteiger partial charge in [-0.1, -0.05) is 23.7 Å². The van der Waals surface area contributed by atoms with Gasteiger partial charge in [0.1, 0.15) is 12.4 Å². The molecule has 1 aromatic carbocycles. The molecule has 0 aliphatic carbocycles. The molecule has 0 amide bonds. The highest BCUT2D eigenvalue weighted by atomic mass is 35.5. The number of benzene rings is 1. The molecule has 1 aromatic rings. The van der Waals surface area contributed by atoms with Gasteiger partial charge in [-0.15, -0.1) is 0 Å². The van der Waals surface area contributed by atoms with Crippen molar-refractivity contribution in [1.82, 2.24) is 0 Å². The summed E-state index contributed by atoms with van der Waals surface area (Å²) in [6.45, 7) is 0. The van der Waals surface area contributed by atoms with Crippen LogP contribution in [0.1, 0.15) is 5.56 Å². The van der Waals surface area contributed by atoms with Gasteiger partial charge in [-0.2, -0.15) is 0 Å². The van der Waals surface area contributed by atoms with E-state index in [0.717, 1.165) is 5.56 Å². The van der Waals surface area contributed by atoms with Crippen LogP contribution in [0, 0.1) is 0 Å². The number of aliphatic hydroxyl groups excluding tert-OH is 1. The lowest BCUT2D eigenvalue weighted by molar-refractivity contribution is -0.114. The van der Waals surface area contributed by atoms with Gasteiger partial charge in [0.15, 0.2) is 0 Å². The second-order valence-corrected chi connectivity index (χ2v) is 2.97. The van der Waals surface area contributed by atoms with Crippen LogP contribution in [0.5, 0.6) is 0 Å². The Morgan fingerprint density at radius 3 is 2.50 bits per heavy atom. The zero-order valence-corrected chi connectivity index (χ0v) is 7.16. The van der Waals surface area contributed by atoms with E-state index >= 15 is 0 Å². The Kier molecular flexibility index (Phi) is 3.26. The van der Waals surface area contributed by atoms with Gasteiger partial charge < -0.3 is 9.90 Å². The van der Waals surface area contributed by atoms with Crippen molar-refractivity contribution in [2.75, 3.05) is 0 Å². The lowest BCUT2D eigenvalue weighted by Gasteiger charge is -2.02. The number of carbonyl (C=O) groups excluding carboxylic acids is 1. The van der Waals surface area contributed by atoms with Gasteiger partial charge in [0.05, 0.1) is 0 Å². The minimum absolute atomic E-state index is 0.348. The summed E-state index contributed by atoms with van der Waals surface area (Å²) < 4.78 is 0. The maximum atomic E-state index is 10.1. The molecule has 0 radical (unpaired) electrons. The van der Waals surface area contributed by atoms with Gasteiger partial charge in [0.25, 0.3) is 0 Å². The van der Waals surface area contributed by atoms with E-state index in [2.05, 4.69) is 0 Å². The largest absolute Gasteiger partial charge is 0.385 e. The minimum Gasteiger partial charge on any atom is -0.385 e. The van der Waals surface area contributed by atoms with Crippen LogP contribution in [-0.2, 0) is 11.2 Å². The lowest BCUT2D eigenvalue weighted by atomic mass is 10.1. The quantitative estimate of drug-likeness (QED) is 0.722. The predicted molar refractivity (Wildman–Crippen MR) is 47.2 cm³/mol. The van der Waals surface area contributed by atoms with Crippen LogP contribution in [0.25, 0.3) is 0 Å². The highest BCUT2D eigenvalue weighted by Crippen LogP contribution is 2.10. The molecule has 0 spiro atoms. The SMILES string of the molecule is O=CC(O)Cc1ccc(Cl)cc1. The molecular formula is C9H9ClO2. The fourth-order valence-electron chi connectivity index (χ4n) is 0.910. The third kappa shape index (κ3) is 2.64. The Labute approximate surface area is 75.8 Å². The van der Waals surface area contributed by atoms with Crippen molar-refractivity contribution in [2.45, 2.75) is 12.5 Å². The Bertz CT molecular complexity index is 256. The summed E-state index contributed by atoms with van der Waals surface area (Å²) in [6, 6.07) is 7.03. The molecule has 0 fully saturated rings. The third-order valence-electron chi connectivity index (χ3n) is 1.52. The minimum atomic E-state index is -0.911. The van der Waals surface area contributed by atoms with Crippen molar-refractivity contribution >= 4 is 17.9 Å². The fraction of sp³-hybridized carbons (Fsp3) is 0.222. The van der Waals surface area contributed by atoms with Crippen molar-refractivity contribution in [3.8, 4) is 0 Å². The van der Waals surface area contributed by atoms with Crippen LogP contribution in [0.3, 0.4) is 0 Å². The average molecular weight is 185 g/mol. The molecule has 12 heavy (non-hydrogen) atoms. The van der Waals surface area contributed by atoms with Gasteiger partial charge >= 0.3 is 0 Å². The van der Waals surface area contributed by atoms with Crippen molar-refractivity contribution in [2.24, 2.45) is 0 Å². The Morgan fingerprint density at radius 1 is 1.42 bits per heavy atom. The number of aliphatic hydroxyl groups is 1. The molecule has 0 aliphatic heterocycles. The Morgan fingerprint density at radius 2 is 2.00 bits per heavy atom. The first kappa shape index (κ1) is 9.23. The molecule has 1 N–H and O–H groups in total. The van der Waals surface area contributed by atoms with E-state index in [-0.39, 0.29) is 0 Å². The molecule has 1 unspecified atom stereocenters. The van der Waals surface area contributed by atoms with Crippen LogP contribution in [0.4, 0.5) is 0 Å². The van der Waals surface area contributed by atoms with Crippen molar-refractivity contribution in [3.63, 3.8) is 0 Å². The first-order valence-electron chi connectivity index (χ1n) is 3.60. The molecule has 0 heterocycles. The number of rotatable bonds is 3. The zero-order chi connectivity index (χ0) is 8.97. The number of hydrogen-bond acceptors (Lipinski definition) is 2. The highest BCUT2D eigenvalue weighted by molar-refractivity contribution is 6.30. The van der Waals surface area contributed by atoms with Gasteiger partial charge in [-0.25, -0.2) is 0 Å². The van der Waals surface area contributed by atoms with E-state index < -0.39 is 6.10 Å². The fourth-order valence-corrected chi connectivity index (χ4v) is 1.04. The third-order valence-corrected chi connectivity index (χ3v) is 1.77. The summed E-state index contributed by atoms with van der Waals surface area (Å²) in [5.74, 6) is 0. The van der Waals surface area contributed by atoms with Crippen LogP contribution in [0.15, 0.2) is 24.3 Å². The van der Waals surface area contributed by atoms with Gasteiger partial charge in [0, 0.05) is 11.4 Å². The second kappa shape index (κ2) is 4.24. The maximum absolute atomic E-state index is 10.1. The molecule has 0 aromatic heterocycles. The monoisotopic (exact) mass is 184 g/mol. The first-order valence-corrected chi connectivity index (χ1v) is 3.98. The standard InChI is InChI=1S/C9H9ClO2/c10-8-3-1-7(2-4-8)5-9(12)6-11/h1-4,6,9,12H,5H2. The molecule has 1 atom stereocenters. The van der Waals surface area contributed by atoms with E-state index in [0.29, 0.717) is 17.7 Å². The van der Waals surface area contributed by atoms with Gasteiger partial charge in [-0.05, 0) is 17.7 Å². The second-order valence-electron chi connectivity index (χ2n) is 2.53. The Balaban J connectivity index is 2.64. The molecule has 64 valence electrons. The van der Waals surface area contributed by atoms with Crippen molar-refractivity contribution in [3.05, 3.63) is 34.9 Å². The summed E-state index contributed by atoms with van der Waals surface area (Å²) >= 11 is 5.65. The molecule has 0 saturated heterocycles. The average Bonchev–Trinajstić information content (AvgIpc) is 2.09. The van der Waals surface area contributed by atoms with E-state index in [1.54, 1.807) is 24.3 Å². The summed E-state index contributed by atoms with van der Waals surface area (Å²) in [7, 11) is 0. The van der Waals surface area contributed by atoms with Crippen LogP contribution in [-0.4, -0.2) is 17.5 Å². The van der Waals surface area contributed by atoms with Crippen LogP contribution >= 0.6 is 11.6 Å². The molecule has 3 heteroatoms. The predicted octanol–water partition coefficient (Wildman–Crippen LogP) is 1.44. The van der Waals surface area contributed by atoms with Crippen molar-refractivity contribution in [1.29, 1.82) is 0 Å².